The van der Waals surface area contributed by atoms with Gasteiger partial charge in [0, 0.05) is 18.2 Å². The number of hydrogen-bond donors (Lipinski definition) is 0. The molecule has 0 amide bonds. The second-order valence-corrected chi connectivity index (χ2v) is 4.20. The predicted molar refractivity (Wildman–Crippen MR) is 58.2 cm³/mol. The Morgan fingerprint density at radius 3 is 2.73 bits per heavy atom. The smallest absolute Gasteiger partial charge is 0.335 e. The number of ether oxygens (including phenoxy) is 1. The number of rotatable bonds is 3. The summed E-state index contributed by atoms with van der Waals surface area (Å²) in [5.74, 6) is -0.192. The van der Waals surface area contributed by atoms with Crippen LogP contribution in [-0.4, -0.2) is 30.1 Å². The lowest BCUT2D eigenvalue weighted by atomic mass is 10.1. The number of carbonyl (C=O) groups excluding carboxylic acids is 1. The lowest BCUT2D eigenvalue weighted by Gasteiger charge is -2.25. The van der Waals surface area contributed by atoms with E-state index < -0.39 is 0 Å². The Balaban J connectivity index is 2.24. The van der Waals surface area contributed by atoms with Crippen molar-refractivity contribution >= 4 is 5.97 Å². The number of esters is 1. The monoisotopic (exact) mass is 207 g/mol. The second kappa shape index (κ2) is 3.72. The third-order valence-electron chi connectivity index (χ3n) is 3.24. The minimum atomic E-state index is -0.192. The molecule has 2 rings (SSSR count). The standard InChI is InChI=1S/C12H17NO2/c1-4-9-7-11(12(14)15-3)8(2)13(9)10-5-6-10/h4,9-10H,1,5-7H2,2-3H3. The molecule has 3 nitrogen and oxygen atoms in total. The molecule has 0 N–H and O–H groups in total. The molecule has 0 aromatic carbocycles. The van der Waals surface area contributed by atoms with E-state index in [1.54, 1.807) is 0 Å². The fourth-order valence-corrected chi connectivity index (χ4v) is 2.31. The van der Waals surface area contributed by atoms with Crippen LogP contribution in [-0.2, 0) is 9.53 Å². The summed E-state index contributed by atoms with van der Waals surface area (Å²) in [5, 5.41) is 0. The quantitative estimate of drug-likeness (QED) is 0.522. The minimum absolute atomic E-state index is 0.192. The lowest BCUT2D eigenvalue weighted by Crippen LogP contribution is -2.29. The van der Waals surface area contributed by atoms with Crippen LogP contribution in [0.4, 0.5) is 0 Å². The van der Waals surface area contributed by atoms with Crippen molar-refractivity contribution in [3.05, 3.63) is 23.9 Å². The van der Waals surface area contributed by atoms with Gasteiger partial charge in [0.1, 0.15) is 0 Å². The van der Waals surface area contributed by atoms with Crippen LogP contribution in [0.1, 0.15) is 26.2 Å². The lowest BCUT2D eigenvalue weighted by molar-refractivity contribution is -0.136. The number of allylic oxidation sites excluding steroid dienone is 1. The average Bonchev–Trinajstić information content (AvgIpc) is 3.02. The highest BCUT2D eigenvalue weighted by Crippen LogP contribution is 2.39. The van der Waals surface area contributed by atoms with E-state index in [1.165, 1.54) is 20.0 Å². The van der Waals surface area contributed by atoms with Crippen LogP contribution in [0.15, 0.2) is 23.9 Å². The summed E-state index contributed by atoms with van der Waals surface area (Å²) in [4.78, 5) is 13.9. The van der Waals surface area contributed by atoms with Gasteiger partial charge in [-0.2, -0.15) is 0 Å². The largest absolute Gasteiger partial charge is 0.466 e. The van der Waals surface area contributed by atoms with Crippen molar-refractivity contribution < 1.29 is 9.53 Å². The maximum absolute atomic E-state index is 11.5. The molecular formula is C12H17NO2. The zero-order valence-corrected chi connectivity index (χ0v) is 9.32. The molecule has 15 heavy (non-hydrogen) atoms. The van der Waals surface area contributed by atoms with Crippen molar-refractivity contribution in [2.75, 3.05) is 7.11 Å². The zero-order valence-electron chi connectivity index (χ0n) is 9.32. The van der Waals surface area contributed by atoms with Gasteiger partial charge in [-0.3, -0.25) is 0 Å². The molecule has 1 saturated carbocycles. The normalized spacial score (nSPS) is 25.7. The Morgan fingerprint density at radius 2 is 2.27 bits per heavy atom. The van der Waals surface area contributed by atoms with Crippen molar-refractivity contribution in [3.8, 4) is 0 Å². The van der Waals surface area contributed by atoms with Gasteiger partial charge in [0.2, 0.25) is 0 Å². The van der Waals surface area contributed by atoms with Gasteiger partial charge in [-0.15, -0.1) is 6.58 Å². The van der Waals surface area contributed by atoms with E-state index in [0.29, 0.717) is 6.04 Å². The Hall–Kier alpha value is -1.25. The van der Waals surface area contributed by atoms with Crippen molar-refractivity contribution in [3.63, 3.8) is 0 Å². The number of hydrogen-bond acceptors (Lipinski definition) is 3. The highest BCUT2D eigenvalue weighted by Gasteiger charge is 2.39. The first kappa shape index (κ1) is 10.3. The summed E-state index contributed by atoms with van der Waals surface area (Å²) < 4.78 is 4.79. The first-order valence-corrected chi connectivity index (χ1v) is 5.38. The molecule has 82 valence electrons. The first-order valence-electron chi connectivity index (χ1n) is 5.38. The molecule has 3 heteroatoms. The SMILES string of the molecule is C=CC1CC(C(=O)OC)=C(C)N1C1CC1. The van der Waals surface area contributed by atoms with E-state index in [2.05, 4.69) is 11.5 Å². The molecule has 0 radical (unpaired) electrons. The fourth-order valence-electron chi connectivity index (χ4n) is 2.31. The summed E-state index contributed by atoms with van der Waals surface area (Å²) >= 11 is 0. The van der Waals surface area contributed by atoms with Crippen LogP contribution in [0.25, 0.3) is 0 Å². The maximum Gasteiger partial charge on any atom is 0.335 e. The third-order valence-corrected chi connectivity index (χ3v) is 3.24. The van der Waals surface area contributed by atoms with Gasteiger partial charge in [-0.05, 0) is 19.8 Å². The zero-order chi connectivity index (χ0) is 11.0. The topological polar surface area (TPSA) is 29.5 Å². The molecular weight excluding hydrogens is 190 g/mol. The van der Waals surface area contributed by atoms with Gasteiger partial charge in [-0.1, -0.05) is 6.08 Å². The number of nitrogens with zero attached hydrogens (tertiary/aromatic N) is 1. The molecule has 1 aliphatic carbocycles. The van der Waals surface area contributed by atoms with Gasteiger partial charge in [-0.25, -0.2) is 4.79 Å². The summed E-state index contributed by atoms with van der Waals surface area (Å²) in [6.45, 7) is 5.84. The van der Waals surface area contributed by atoms with E-state index in [9.17, 15) is 4.79 Å². The Morgan fingerprint density at radius 1 is 1.60 bits per heavy atom. The van der Waals surface area contributed by atoms with E-state index in [-0.39, 0.29) is 12.0 Å². The molecule has 1 atom stereocenters. The minimum Gasteiger partial charge on any atom is -0.466 e. The Labute approximate surface area is 90.4 Å². The van der Waals surface area contributed by atoms with E-state index >= 15 is 0 Å². The van der Waals surface area contributed by atoms with E-state index in [4.69, 9.17) is 4.74 Å². The van der Waals surface area contributed by atoms with Gasteiger partial charge >= 0.3 is 5.97 Å². The van der Waals surface area contributed by atoms with Crippen molar-refractivity contribution in [1.29, 1.82) is 0 Å². The van der Waals surface area contributed by atoms with Gasteiger partial charge < -0.3 is 9.64 Å². The molecule has 2 aliphatic rings. The molecule has 0 aromatic heterocycles. The average molecular weight is 207 g/mol. The molecule has 1 unspecified atom stereocenters. The van der Waals surface area contributed by atoms with Gasteiger partial charge in [0.05, 0.1) is 18.7 Å². The van der Waals surface area contributed by atoms with Crippen LogP contribution < -0.4 is 0 Å². The van der Waals surface area contributed by atoms with Crippen LogP contribution in [0.2, 0.25) is 0 Å². The summed E-state index contributed by atoms with van der Waals surface area (Å²) in [6.07, 6.45) is 5.14. The van der Waals surface area contributed by atoms with Crippen molar-refractivity contribution in [2.45, 2.75) is 38.3 Å². The maximum atomic E-state index is 11.5. The summed E-state index contributed by atoms with van der Waals surface area (Å²) in [6, 6.07) is 0.904. The number of carbonyl (C=O) groups is 1. The second-order valence-electron chi connectivity index (χ2n) is 4.20. The van der Waals surface area contributed by atoms with E-state index in [0.717, 1.165) is 17.7 Å². The molecule has 0 spiro atoms. The summed E-state index contributed by atoms with van der Waals surface area (Å²) in [5.41, 5.74) is 1.89. The van der Waals surface area contributed by atoms with Crippen molar-refractivity contribution in [2.24, 2.45) is 0 Å². The van der Waals surface area contributed by atoms with Gasteiger partial charge in [0.15, 0.2) is 0 Å². The Kier molecular flexibility index (Phi) is 2.55. The fraction of sp³-hybridized carbons (Fsp3) is 0.583. The third kappa shape index (κ3) is 1.66. The van der Waals surface area contributed by atoms with Crippen molar-refractivity contribution in [1.82, 2.24) is 4.90 Å². The van der Waals surface area contributed by atoms with Crippen LogP contribution >= 0.6 is 0 Å². The molecule has 1 aliphatic heterocycles. The Bertz CT molecular complexity index is 329. The van der Waals surface area contributed by atoms with Gasteiger partial charge in [0.25, 0.3) is 0 Å². The molecule has 1 fully saturated rings. The van der Waals surface area contributed by atoms with Crippen LogP contribution in [0.3, 0.4) is 0 Å². The highest BCUT2D eigenvalue weighted by molar-refractivity contribution is 5.90. The first-order chi connectivity index (χ1) is 7.19. The van der Waals surface area contributed by atoms with E-state index in [1.807, 2.05) is 13.0 Å². The van der Waals surface area contributed by atoms with Crippen LogP contribution in [0, 0.1) is 0 Å². The molecule has 1 heterocycles. The molecule has 0 saturated heterocycles. The van der Waals surface area contributed by atoms with Crippen LogP contribution in [0.5, 0.6) is 0 Å². The summed E-state index contributed by atoms with van der Waals surface area (Å²) in [7, 11) is 1.44. The molecule has 0 aromatic rings. The predicted octanol–water partition coefficient (Wildman–Crippen LogP) is 1.86. The highest BCUT2D eigenvalue weighted by atomic mass is 16.5. The number of methoxy groups -OCH3 is 1. The molecule has 0 bridgehead atoms.